The monoisotopic (exact) mass is 486 g/mol. The van der Waals surface area contributed by atoms with Gasteiger partial charge < -0.3 is 34.7 Å². The SMILES string of the molecule is CC(=O)OC[C@H]1O[C@@H](OCc2ccccc2)[C@H](NC(=O)NCc2ccccc2)[C@@H](O)[C@@H]1OC(C)=O. The summed E-state index contributed by atoms with van der Waals surface area (Å²) in [7, 11) is 0. The van der Waals surface area contributed by atoms with Gasteiger partial charge in [-0.1, -0.05) is 60.7 Å². The molecule has 5 atom stereocenters. The predicted molar refractivity (Wildman–Crippen MR) is 124 cm³/mol. The Hall–Kier alpha value is -3.47. The third-order valence-corrected chi connectivity index (χ3v) is 5.28. The molecule has 188 valence electrons. The highest BCUT2D eigenvalue weighted by molar-refractivity contribution is 5.74. The zero-order valence-corrected chi connectivity index (χ0v) is 19.6. The summed E-state index contributed by atoms with van der Waals surface area (Å²) in [5.74, 6) is -1.23. The Bertz CT molecular complexity index is 972. The zero-order valence-electron chi connectivity index (χ0n) is 19.6. The van der Waals surface area contributed by atoms with Gasteiger partial charge in [0.05, 0.1) is 6.61 Å². The van der Waals surface area contributed by atoms with Crippen LogP contribution < -0.4 is 10.6 Å². The molecule has 3 N–H and O–H groups in total. The fourth-order valence-electron chi connectivity index (χ4n) is 3.62. The number of ether oxygens (including phenoxy) is 4. The smallest absolute Gasteiger partial charge is 0.315 e. The van der Waals surface area contributed by atoms with Gasteiger partial charge in [0.2, 0.25) is 0 Å². The highest BCUT2D eigenvalue weighted by atomic mass is 16.7. The van der Waals surface area contributed by atoms with Gasteiger partial charge in [-0.2, -0.15) is 0 Å². The van der Waals surface area contributed by atoms with E-state index < -0.39 is 48.6 Å². The topological polar surface area (TPSA) is 132 Å². The quantitative estimate of drug-likeness (QED) is 0.456. The fourth-order valence-corrected chi connectivity index (χ4v) is 3.62. The highest BCUT2D eigenvalue weighted by Gasteiger charge is 2.48. The lowest BCUT2D eigenvalue weighted by atomic mass is 9.96. The summed E-state index contributed by atoms with van der Waals surface area (Å²) in [6.45, 7) is 2.52. The van der Waals surface area contributed by atoms with E-state index >= 15 is 0 Å². The Kier molecular flexibility index (Phi) is 9.59. The van der Waals surface area contributed by atoms with Crippen LogP contribution in [0.5, 0.6) is 0 Å². The van der Waals surface area contributed by atoms with E-state index in [2.05, 4.69) is 10.6 Å². The van der Waals surface area contributed by atoms with Crippen molar-refractivity contribution in [2.24, 2.45) is 0 Å². The Morgan fingerprint density at radius 3 is 2.17 bits per heavy atom. The molecule has 0 saturated carbocycles. The molecular weight excluding hydrogens is 456 g/mol. The van der Waals surface area contributed by atoms with Crippen molar-refractivity contribution >= 4 is 18.0 Å². The highest BCUT2D eigenvalue weighted by Crippen LogP contribution is 2.26. The average molecular weight is 487 g/mol. The van der Waals surface area contributed by atoms with Crippen molar-refractivity contribution < 1.29 is 38.4 Å². The van der Waals surface area contributed by atoms with Crippen molar-refractivity contribution in [2.45, 2.75) is 57.6 Å². The molecule has 1 fully saturated rings. The van der Waals surface area contributed by atoms with Crippen molar-refractivity contribution in [2.75, 3.05) is 6.61 Å². The Balaban J connectivity index is 1.75. The summed E-state index contributed by atoms with van der Waals surface area (Å²) in [4.78, 5) is 35.7. The summed E-state index contributed by atoms with van der Waals surface area (Å²) in [5, 5.41) is 16.5. The number of aliphatic hydroxyl groups is 1. The number of hydrogen-bond donors (Lipinski definition) is 3. The van der Waals surface area contributed by atoms with Crippen LogP contribution in [-0.4, -0.2) is 60.3 Å². The van der Waals surface area contributed by atoms with Crippen molar-refractivity contribution in [1.29, 1.82) is 0 Å². The van der Waals surface area contributed by atoms with Crippen LogP contribution in [0.15, 0.2) is 60.7 Å². The number of hydrogen-bond acceptors (Lipinski definition) is 8. The maximum Gasteiger partial charge on any atom is 0.315 e. The first-order valence-electron chi connectivity index (χ1n) is 11.2. The van der Waals surface area contributed by atoms with Gasteiger partial charge in [-0.3, -0.25) is 9.59 Å². The van der Waals surface area contributed by atoms with Gasteiger partial charge in [-0.25, -0.2) is 4.79 Å². The summed E-state index contributed by atoms with van der Waals surface area (Å²) in [6, 6.07) is 16.9. The van der Waals surface area contributed by atoms with Gasteiger partial charge in [0.1, 0.15) is 24.9 Å². The molecule has 3 rings (SSSR count). The molecule has 1 saturated heterocycles. The molecule has 2 aromatic carbocycles. The standard InChI is InChI=1S/C25H30N2O8/c1-16(28)32-15-20-23(34-17(2)29)22(30)21(24(35-20)33-14-19-11-7-4-8-12-19)27-25(31)26-13-18-9-5-3-6-10-18/h3-12,20-24,30H,13-15H2,1-2H3,(H2,26,27,31)/t20-,21-,22-,23-,24-/m1/s1. The minimum absolute atomic E-state index is 0.126. The average Bonchev–Trinajstić information content (AvgIpc) is 2.84. The number of rotatable bonds is 9. The molecule has 10 nitrogen and oxygen atoms in total. The zero-order chi connectivity index (χ0) is 25.2. The maximum atomic E-state index is 12.7. The molecule has 0 bridgehead atoms. The van der Waals surface area contributed by atoms with Crippen molar-refractivity contribution in [3.8, 4) is 0 Å². The van der Waals surface area contributed by atoms with E-state index in [1.54, 1.807) is 0 Å². The van der Waals surface area contributed by atoms with Gasteiger partial charge in [-0.15, -0.1) is 0 Å². The van der Waals surface area contributed by atoms with Crippen molar-refractivity contribution in [1.82, 2.24) is 10.6 Å². The fraction of sp³-hybridized carbons (Fsp3) is 0.400. The van der Waals surface area contributed by atoms with E-state index in [0.717, 1.165) is 11.1 Å². The molecule has 1 heterocycles. The molecule has 10 heteroatoms. The van der Waals surface area contributed by atoms with Gasteiger partial charge in [0, 0.05) is 20.4 Å². The number of esters is 2. The molecule has 1 aliphatic heterocycles. The predicted octanol–water partition coefficient (Wildman–Crippen LogP) is 1.65. The van der Waals surface area contributed by atoms with Gasteiger partial charge in [0.25, 0.3) is 0 Å². The number of urea groups is 1. The summed E-state index contributed by atoms with van der Waals surface area (Å²) in [5.41, 5.74) is 1.73. The molecule has 2 amide bonds. The van der Waals surface area contributed by atoms with Crippen LogP contribution in [0.1, 0.15) is 25.0 Å². The van der Waals surface area contributed by atoms with Crippen LogP contribution >= 0.6 is 0 Å². The minimum atomic E-state index is -1.41. The van der Waals surface area contributed by atoms with E-state index in [-0.39, 0.29) is 19.8 Å². The first-order valence-corrected chi connectivity index (χ1v) is 11.2. The summed E-state index contributed by atoms with van der Waals surface area (Å²) < 4.78 is 22.1. The van der Waals surface area contributed by atoms with Gasteiger partial charge >= 0.3 is 18.0 Å². The van der Waals surface area contributed by atoms with Crippen LogP contribution in [0, 0.1) is 0 Å². The number of benzene rings is 2. The van der Waals surface area contributed by atoms with E-state index in [4.69, 9.17) is 18.9 Å². The minimum Gasteiger partial charge on any atom is -0.463 e. The van der Waals surface area contributed by atoms with E-state index in [1.807, 2.05) is 60.7 Å². The second-order valence-electron chi connectivity index (χ2n) is 8.05. The second-order valence-corrected chi connectivity index (χ2v) is 8.05. The molecular formula is C25H30N2O8. The molecule has 1 aliphatic rings. The first-order chi connectivity index (χ1) is 16.8. The molecule has 0 unspecified atom stereocenters. The maximum absolute atomic E-state index is 12.7. The largest absolute Gasteiger partial charge is 0.463 e. The summed E-state index contributed by atoms with van der Waals surface area (Å²) in [6.07, 6.45) is -4.75. The Morgan fingerprint density at radius 2 is 1.57 bits per heavy atom. The van der Waals surface area contributed by atoms with E-state index in [0.29, 0.717) is 0 Å². The second kappa shape index (κ2) is 12.8. The van der Waals surface area contributed by atoms with Crippen LogP contribution in [0.3, 0.4) is 0 Å². The number of carbonyl (C=O) groups is 3. The number of aliphatic hydroxyl groups excluding tert-OH is 1. The first kappa shape index (κ1) is 26.1. The molecule has 0 radical (unpaired) electrons. The molecule has 0 aliphatic carbocycles. The number of nitrogens with one attached hydrogen (secondary N) is 2. The van der Waals surface area contributed by atoms with E-state index in [9.17, 15) is 19.5 Å². The van der Waals surface area contributed by atoms with Crippen LogP contribution in [0.4, 0.5) is 4.79 Å². The molecule has 35 heavy (non-hydrogen) atoms. The number of carbonyl (C=O) groups excluding carboxylic acids is 3. The lowest BCUT2D eigenvalue weighted by Gasteiger charge is -2.43. The van der Waals surface area contributed by atoms with Crippen LogP contribution in [-0.2, 0) is 41.7 Å². The summed E-state index contributed by atoms with van der Waals surface area (Å²) >= 11 is 0. The lowest BCUT2D eigenvalue weighted by molar-refractivity contribution is -0.277. The Morgan fingerprint density at radius 1 is 0.943 bits per heavy atom. The lowest BCUT2D eigenvalue weighted by Crippen LogP contribution is -2.66. The molecule has 0 spiro atoms. The third kappa shape index (κ3) is 8.06. The molecule has 0 aromatic heterocycles. The van der Waals surface area contributed by atoms with Crippen LogP contribution in [0.25, 0.3) is 0 Å². The Labute approximate surface area is 203 Å². The van der Waals surface area contributed by atoms with Gasteiger partial charge in [0.15, 0.2) is 12.4 Å². The van der Waals surface area contributed by atoms with Crippen molar-refractivity contribution in [3.05, 3.63) is 71.8 Å². The molecule has 2 aromatic rings. The normalized spacial score (nSPS) is 23.7. The van der Waals surface area contributed by atoms with Crippen molar-refractivity contribution in [3.63, 3.8) is 0 Å². The number of amides is 2. The van der Waals surface area contributed by atoms with Gasteiger partial charge in [-0.05, 0) is 11.1 Å². The van der Waals surface area contributed by atoms with Crippen LogP contribution in [0.2, 0.25) is 0 Å². The van der Waals surface area contributed by atoms with E-state index in [1.165, 1.54) is 13.8 Å². The third-order valence-electron chi connectivity index (χ3n) is 5.28.